The van der Waals surface area contributed by atoms with E-state index in [2.05, 4.69) is 92.0 Å². The second-order valence-corrected chi connectivity index (χ2v) is 8.68. The molecule has 0 atom stereocenters. The number of nitrogens with one attached hydrogen (secondary N) is 1. The monoisotopic (exact) mass is 361 g/mol. The van der Waals surface area contributed by atoms with Gasteiger partial charge in [-0.1, -0.05) is 24.3 Å². The lowest BCUT2D eigenvalue weighted by Gasteiger charge is -2.08. The third kappa shape index (κ3) is 3.68. The van der Waals surface area contributed by atoms with Gasteiger partial charge in [-0.05, 0) is 73.5 Å². The third-order valence-corrected chi connectivity index (χ3v) is 6.21. The molecule has 0 radical (unpaired) electrons. The van der Waals surface area contributed by atoms with Gasteiger partial charge in [0.2, 0.25) is 0 Å². The average molecular weight is 362 g/mol. The van der Waals surface area contributed by atoms with Crippen molar-refractivity contribution in [3.05, 3.63) is 82.6 Å². The molecule has 0 amide bonds. The summed E-state index contributed by atoms with van der Waals surface area (Å²) in [5.41, 5.74) is 4.76. The molecule has 0 aliphatic rings. The molecular formula is C22H19NS2. The zero-order chi connectivity index (χ0) is 17.2. The minimum Gasteiger partial charge on any atom is -0.356 e. The molecule has 1 nitrogen and oxygen atoms in total. The summed E-state index contributed by atoms with van der Waals surface area (Å²) in [6, 6.07) is 26.0. The number of anilines is 2. The van der Waals surface area contributed by atoms with Crippen LogP contribution >= 0.6 is 22.7 Å². The van der Waals surface area contributed by atoms with Crippen LogP contribution in [0.3, 0.4) is 0 Å². The molecule has 0 bridgehead atoms. The van der Waals surface area contributed by atoms with Crippen molar-refractivity contribution in [2.75, 3.05) is 5.32 Å². The lowest BCUT2D eigenvalue weighted by atomic mass is 10.1. The molecule has 0 unspecified atom stereocenters. The van der Waals surface area contributed by atoms with Crippen LogP contribution in [0.5, 0.6) is 0 Å². The Labute approximate surface area is 156 Å². The normalized spacial score (nSPS) is 10.8. The summed E-state index contributed by atoms with van der Waals surface area (Å²) < 4.78 is 0. The Morgan fingerprint density at radius 3 is 1.24 bits per heavy atom. The Bertz CT molecular complexity index is 894. The quantitative estimate of drug-likeness (QED) is 0.397. The summed E-state index contributed by atoms with van der Waals surface area (Å²) >= 11 is 3.66. The highest BCUT2D eigenvalue weighted by atomic mass is 32.1. The zero-order valence-electron chi connectivity index (χ0n) is 14.2. The van der Waals surface area contributed by atoms with Crippen LogP contribution in [0, 0.1) is 13.8 Å². The summed E-state index contributed by atoms with van der Waals surface area (Å²) in [5.74, 6) is 0. The van der Waals surface area contributed by atoms with Crippen LogP contribution in [0.25, 0.3) is 20.9 Å². The van der Waals surface area contributed by atoms with Crippen molar-refractivity contribution < 1.29 is 0 Å². The van der Waals surface area contributed by atoms with Gasteiger partial charge in [0.15, 0.2) is 0 Å². The van der Waals surface area contributed by atoms with Crippen LogP contribution in [-0.4, -0.2) is 0 Å². The summed E-state index contributed by atoms with van der Waals surface area (Å²) in [6.45, 7) is 4.29. The number of rotatable bonds is 4. The van der Waals surface area contributed by atoms with E-state index in [0.717, 1.165) is 11.4 Å². The predicted octanol–water partition coefficient (Wildman–Crippen LogP) is 7.50. The first-order valence-electron chi connectivity index (χ1n) is 8.28. The van der Waals surface area contributed by atoms with Crippen LogP contribution < -0.4 is 5.32 Å². The van der Waals surface area contributed by atoms with Crippen molar-refractivity contribution in [1.82, 2.24) is 0 Å². The van der Waals surface area contributed by atoms with Gasteiger partial charge in [0, 0.05) is 30.9 Å². The van der Waals surface area contributed by atoms with Gasteiger partial charge in [0.05, 0.1) is 0 Å². The van der Waals surface area contributed by atoms with Crippen LogP contribution in [-0.2, 0) is 0 Å². The summed E-state index contributed by atoms with van der Waals surface area (Å²) in [4.78, 5) is 5.33. The fourth-order valence-corrected chi connectivity index (χ4v) is 4.53. The lowest BCUT2D eigenvalue weighted by Crippen LogP contribution is -1.89. The maximum Gasteiger partial charge on any atom is 0.0384 e. The Balaban J connectivity index is 1.48. The first-order chi connectivity index (χ1) is 12.2. The van der Waals surface area contributed by atoms with Gasteiger partial charge >= 0.3 is 0 Å². The molecular weight excluding hydrogens is 342 g/mol. The number of hydrogen-bond donors (Lipinski definition) is 1. The van der Waals surface area contributed by atoms with Gasteiger partial charge in [-0.2, -0.15) is 0 Å². The standard InChI is InChI=1S/C22H19NS2/c1-15-3-13-21(24-15)17-5-9-19(10-6-17)23-20-11-7-18(8-12-20)22-14-4-16(2)25-22/h3-14,23H,1-2H3. The highest BCUT2D eigenvalue weighted by Gasteiger charge is 2.03. The van der Waals surface area contributed by atoms with Crippen LogP contribution in [0.2, 0.25) is 0 Å². The van der Waals surface area contributed by atoms with E-state index in [4.69, 9.17) is 0 Å². The first kappa shape index (κ1) is 16.1. The van der Waals surface area contributed by atoms with Gasteiger partial charge in [-0.3, -0.25) is 0 Å². The molecule has 0 aliphatic carbocycles. The number of thiophene rings is 2. The van der Waals surface area contributed by atoms with E-state index in [1.807, 2.05) is 22.7 Å². The van der Waals surface area contributed by atoms with E-state index in [0.29, 0.717) is 0 Å². The molecule has 0 spiro atoms. The third-order valence-electron chi connectivity index (χ3n) is 4.11. The van der Waals surface area contributed by atoms with Gasteiger partial charge in [-0.15, -0.1) is 22.7 Å². The Kier molecular flexibility index (Phi) is 4.43. The van der Waals surface area contributed by atoms with Crippen LogP contribution in [0.1, 0.15) is 9.75 Å². The maximum atomic E-state index is 3.48. The van der Waals surface area contributed by atoms with E-state index in [9.17, 15) is 0 Å². The summed E-state index contributed by atoms with van der Waals surface area (Å²) in [5, 5.41) is 3.48. The number of hydrogen-bond acceptors (Lipinski definition) is 3. The van der Waals surface area contributed by atoms with Crippen molar-refractivity contribution in [2.24, 2.45) is 0 Å². The predicted molar refractivity (Wildman–Crippen MR) is 112 cm³/mol. The summed E-state index contributed by atoms with van der Waals surface area (Å²) in [6.07, 6.45) is 0. The first-order valence-corrected chi connectivity index (χ1v) is 9.91. The fourth-order valence-electron chi connectivity index (χ4n) is 2.78. The van der Waals surface area contributed by atoms with E-state index in [1.165, 1.54) is 30.6 Å². The molecule has 2 aromatic carbocycles. The molecule has 0 fully saturated rings. The molecule has 3 heteroatoms. The van der Waals surface area contributed by atoms with E-state index < -0.39 is 0 Å². The Morgan fingerprint density at radius 2 is 0.920 bits per heavy atom. The molecule has 0 aliphatic heterocycles. The van der Waals surface area contributed by atoms with Crippen molar-refractivity contribution in [1.29, 1.82) is 0 Å². The van der Waals surface area contributed by atoms with Gasteiger partial charge in [-0.25, -0.2) is 0 Å². The van der Waals surface area contributed by atoms with Crippen LogP contribution in [0.15, 0.2) is 72.8 Å². The maximum absolute atomic E-state index is 3.48. The molecule has 2 aromatic heterocycles. The van der Waals surface area contributed by atoms with Crippen molar-refractivity contribution in [3.63, 3.8) is 0 Å². The minimum absolute atomic E-state index is 1.11. The largest absolute Gasteiger partial charge is 0.356 e. The molecule has 0 saturated carbocycles. The smallest absolute Gasteiger partial charge is 0.0384 e. The number of benzene rings is 2. The second-order valence-electron chi connectivity index (χ2n) is 6.10. The second kappa shape index (κ2) is 6.87. The van der Waals surface area contributed by atoms with Crippen molar-refractivity contribution >= 4 is 34.0 Å². The van der Waals surface area contributed by atoms with Crippen LogP contribution in [0.4, 0.5) is 11.4 Å². The summed E-state index contributed by atoms with van der Waals surface area (Å²) in [7, 11) is 0. The van der Waals surface area contributed by atoms with Gasteiger partial charge < -0.3 is 5.32 Å². The molecule has 25 heavy (non-hydrogen) atoms. The molecule has 2 heterocycles. The zero-order valence-corrected chi connectivity index (χ0v) is 15.9. The van der Waals surface area contributed by atoms with E-state index in [-0.39, 0.29) is 0 Å². The minimum atomic E-state index is 1.11. The van der Waals surface area contributed by atoms with Gasteiger partial charge in [0.25, 0.3) is 0 Å². The average Bonchev–Trinajstić information content (AvgIpc) is 3.25. The highest BCUT2D eigenvalue weighted by molar-refractivity contribution is 7.15. The van der Waals surface area contributed by atoms with E-state index in [1.54, 1.807) is 0 Å². The number of aryl methyl sites for hydroxylation is 2. The molecule has 0 saturated heterocycles. The SMILES string of the molecule is Cc1ccc(-c2ccc(Nc3ccc(-c4ccc(C)s4)cc3)cc2)s1. The Hall–Kier alpha value is -2.36. The molecule has 4 rings (SSSR count). The lowest BCUT2D eigenvalue weighted by molar-refractivity contribution is 1.55. The molecule has 124 valence electrons. The van der Waals surface area contributed by atoms with Crippen molar-refractivity contribution in [3.8, 4) is 20.9 Å². The highest BCUT2D eigenvalue weighted by Crippen LogP contribution is 2.31. The topological polar surface area (TPSA) is 12.0 Å². The van der Waals surface area contributed by atoms with E-state index >= 15 is 0 Å². The molecule has 4 aromatic rings. The molecule has 1 N–H and O–H groups in total. The van der Waals surface area contributed by atoms with Gasteiger partial charge in [0.1, 0.15) is 0 Å². The fraction of sp³-hybridized carbons (Fsp3) is 0.0909. The Morgan fingerprint density at radius 1 is 0.520 bits per heavy atom. The van der Waals surface area contributed by atoms with Crippen molar-refractivity contribution in [2.45, 2.75) is 13.8 Å².